The molecule has 0 radical (unpaired) electrons. The van der Waals surface area contributed by atoms with Gasteiger partial charge in [0.2, 0.25) is 5.78 Å². The number of furan rings is 1. The van der Waals surface area contributed by atoms with Crippen molar-refractivity contribution in [3.8, 4) is 0 Å². The molecule has 5 nitrogen and oxygen atoms in total. The third-order valence-corrected chi connectivity index (χ3v) is 3.17. The van der Waals surface area contributed by atoms with Crippen molar-refractivity contribution in [2.45, 2.75) is 13.8 Å². The molecule has 0 saturated heterocycles. The molecular weight excluding hydrogens is 246 g/mol. The van der Waals surface area contributed by atoms with Crippen molar-refractivity contribution < 1.29 is 18.8 Å². The first-order valence-electron chi connectivity index (χ1n) is 5.71. The smallest absolute Gasteiger partial charge is 0.248 e. The summed E-state index contributed by atoms with van der Waals surface area (Å²) in [6.07, 6.45) is 1.44. The fourth-order valence-electron chi connectivity index (χ4n) is 2.29. The first-order chi connectivity index (χ1) is 9.02. The van der Waals surface area contributed by atoms with Gasteiger partial charge in [0.25, 0.3) is 0 Å². The van der Waals surface area contributed by atoms with E-state index in [4.69, 9.17) is 4.42 Å². The number of aromatic nitrogens is 1. The van der Waals surface area contributed by atoms with E-state index in [-0.39, 0.29) is 39.9 Å². The van der Waals surface area contributed by atoms with Crippen molar-refractivity contribution in [1.29, 1.82) is 0 Å². The largest absolute Gasteiger partial charge is 0.448 e. The maximum atomic E-state index is 12.3. The zero-order chi connectivity index (χ0) is 13.7. The van der Waals surface area contributed by atoms with Crippen molar-refractivity contribution in [3.05, 3.63) is 52.2 Å². The predicted octanol–water partition coefficient (Wildman–Crippen LogP) is 1.96. The number of carbonyl (C=O) groups excluding carboxylic acids is 3. The van der Waals surface area contributed by atoms with Crippen LogP contribution in [0.2, 0.25) is 0 Å². The Bertz CT molecular complexity index is 755. The summed E-state index contributed by atoms with van der Waals surface area (Å²) in [5.41, 5.74) is 0.911. The SMILES string of the molecule is CC(=O)c1oc2c(c1C)C(=O)c1cccnc1C2=O. The highest BCUT2D eigenvalue weighted by Gasteiger charge is 2.37. The summed E-state index contributed by atoms with van der Waals surface area (Å²) in [5, 5.41) is 0. The summed E-state index contributed by atoms with van der Waals surface area (Å²) in [5.74, 6) is -1.13. The minimum Gasteiger partial charge on any atom is -0.448 e. The lowest BCUT2D eigenvalue weighted by molar-refractivity contribution is 0.0944. The number of fused-ring (bicyclic) bond motifs is 2. The molecule has 0 amide bonds. The van der Waals surface area contributed by atoms with Crippen molar-refractivity contribution in [2.24, 2.45) is 0 Å². The van der Waals surface area contributed by atoms with Gasteiger partial charge in [-0.15, -0.1) is 0 Å². The molecule has 2 heterocycles. The van der Waals surface area contributed by atoms with Crippen LogP contribution < -0.4 is 0 Å². The van der Waals surface area contributed by atoms with Crippen LogP contribution in [0, 0.1) is 6.92 Å². The average Bonchev–Trinajstić information content (AvgIpc) is 2.74. The second kappa shape index (κ2) is 3.71. The third kappa shape index (κ3) is 1.41. The van der Waals surface area contributed by atoms with Crippen LogP contribution in [-0.4, -0.2) is 22.3 Å². The molecule has 94 valence electrons. The van der Waals surface area contributed by atoms with Crippen LogP contribution in [-0.2, 0) is 0 Å². The number of rotatable bonds is 1. The van der Waals surface area contributed by atoms with E-state index < -0.39 is 5.78 Å². The van der Waals surface area contributed by atoms with Crippen LogP contribution in [0.5, 0.6) is 0 Å². The fraction of sp³-hybridized carbons (Fsp3) is 0.143. The van der Waals surface area contributed by atoms with E-state index in [1.807, 2.05) is 0 Å². The van der Waals surface area contributed by atoms with Crippen molar-refractivity contribution in [2.75, 3.05) is 0 Å². The fourth-order valence-corrected chi connectivity index (χ4v) is 2.29. The number of hydrogen-bond donors (Lipinski definition) is 0. The predicted molar refractivity (Wildman–Crippen MR) is 64.6 cm³/mol. The Hall–Kier alpha value is -2.56. The minimum absolute atomic E-state index is 0.0551. The number of carbonyl (C=O) groups is 3. The summed E-state index contributed by atoms with van der Waals surface area (Å²) in [7, 11) is 0. The van der Waals surface area contributed by atoms with E-state index in [9.17, 15) is 14.4 Å². The third-order valence-electron chi connectivity index (χ3n) is 3.17. The van der Waals surface area contributed by atoms with Gasteiger partial charge < -0.3 is 4.42 Å². The van der Waals surface area contributed by atoms with Gasteiger partial charge in [-0.05, 0) is 19.1 Å². The Morgan fingerprint density at radius 3 is 2.68 bits per heavy atom. The van der Waals surface area contributed by atoms with Gasteiger partial charge in [0.15, 0.2) is 23.1 Å². The van der Waals surface area contributed by atoms with Crippen LogP contribution in [0.1, 0.15) is 55.2 Å². The first kappa shape index (κ1) is 11.5. The van der Waals surface area contributed by atoms with E-state index in [1.54, 1.807) is 19.1 Å². The number of pyridine rings is 1. The average molecular weight is 255 g/mol. The maximum absolute atomic E-state index is 12.3. The molecule has 2 aromatic rings. The molecule has 0 aliphatic heterocycles. The van der Waals surface area contributed by atoms with Crippen molar-refractivity contribution in [3.63, 3.8) is 0 Å². The Morgan fingerprint density at radius 1 is 1.26 bits per heavy atom. The van der Waals surface area contributed by atoms with Gasteiger partial charge in [-0.2, -0.15) is 0 Å². The molecule has 5 heteroatoms. The van der Waals surface area contributed by atoms with Crippen molar-refractivity contribution >= 4 is 17.3 Å². The van der Waals surface area contributed by atoms with Crippen molar-refractivity contribution in [1.82, 2.24) is 4.98 Å². The number of hydrogen-bond acceptors (Lipinski definition) is 5. The van der Waals surface area contributed by atoms with Gasteiger partial charge in [-0.1, -0.05) is 0 Å². The monoisotopic (exact) mass is 255 g/mol. The second-order valence-corrected chi connectivity index (χ2v) is 4.37. The van der Waals surface area contributed by atoms with E-state index in [1.165, 1.54) is 13.1 Å². The van der Waals surface area contributed by atoms with Gasteiger partial charge >= 0.3 is 0 Å². The van der Waals surface area contributed by atoms with Crippen LogP contribution in [0.15, 0.2) is 22.7 Å². The standard InChI is InChI=1S/C14H9NO4/c1-6-9-11(17)8-4-3-5-15-10(8)12(18)14(9)19-13(6)7(2)16/h3-5H,1-2H3. The molecule has 0 fully saturated rings. The zero-order valence-corrected chi connectivity index (χ0v) is 10.3. The summed E-state index contributed by atoms with van der Waals surface area (Å²) in [4.78, 5) is 39.9. The van der Waals surface area contributed by atoms with Crippen LogP contribution in [0.4, 0.5) is 0 Å². The Labute approximate surface area is 108 Å². The molecule has 1 aliphatic carbocycles. The highest BCUT2D eigenvalue weighted by atomic mass is 16.4. The molecule has 0 bridgehead atoms. The lowest BCUT2D eigenvalue weighted by atomic mass is 9.90. The van der Waals surface area contributed by atoms with Gasteiger partial charge in [0, 0.05) is 18.7 Å². The summed E-state index contributed by atoms with van der Waals surface area (Å²) in [6, 6.07) is 3.14. The number of ketones is 3. The minimum atomic E-state index is -0.458. The molecule has 3 rings (SSSR count). The topological polar surface area (TPSA) is 77.2 Å². The molecule has 0 N–H and O–H groups in total. The lowest BCUT2D eigenvalue weighted by Crippen LogP contribution is -2.21. The Kier molecular flexibility index (Phi) is 2.25. The molecular formula is C14H9NO4. The Morgan fingerprint density at radius 2 is 2.00 bits per heavy atom. The Balaban J connectivity index is 2.33. The van der Waals surface area contributed by atoms with E-state index >= 15 is 0 Å². The first-order valence-corrected chi connectivity index (χ1v) is 5.71. The van der Waals surface area contributed by atoms with E-state index in [2.05, 4.69) is 4.98 Å². The quantitative estimate of drug-likeness (QED) is 0.621. The lowest BCUT2D eigenvalue weighted by Gasteiger charge is -2.11. The van der Waals surface area contributed by atoms with Crippen LogP contribution in [0.3, 0.4) is 0 Å². The highest BCUT2D eigenvalue weighted by Crippen LogP contribution is 2.32. The summed E-state index contributed by atoms with van der Waals surface area (Å²) in [6.45, 7) is 2.93. The molecule has 1 aliphatic rings. The molecule has 0 unspecified atom stereocenters. The normalized spacial score (nSPS) is 13.2. The maximum Gasteiger partial charge on any atom is 0.248 e. The van der Waals surface area contributed by atoms with E-state index in [0.717, 1.165) is 0 Å². The zero-order valence-electron chi connectivity index (χ0n) is 10.3. The molecule has 0 aromatic carbocycles. The molecule has 0 saturated carbocycles. The molecule has 0 spiro atoms. The van der Waals surface area contributed by atoms with E-state index in [0.29, 0.717) is 5.56 Å². The number of nitrogens with zero attached hydrogens (tertiary/aromatic N) is 1. The number of Topliss-reactive ketones (excluding diaryl/α,β-unsaturated/α-hetero) is 1. The van der Waals surface area contributed by atoms with Gasteiger partial charge in [0.1, 0.15) is 5.69 Å². The van der Waals surface area contributed by atoms with Crippen LogP contribution in [0.25, 0.3) is 0 Å². The molecule has 0 atom stereocenters. The van der Waals surface area contributed by atoms with Gasteiger partial charge in [-0.3, -0.25) is 19.4 Å². The summed E-state index contributed by atoms with van der Waals surface area (Å²) >= 11 is 0. The second-order valence-electron chi connectivity index (χ2n) is 4.37. The highest BCUT2D eigenvalue weighted by molar-refractivity contribution is 6.27. The molecule has 2 aromatic heterocycles. The van der Waals surface area contributed by atoms with Gasteiger partial charge in [-0.25, -0.2) is 0 Å². The molecule has 19 heavy (non-hydrogen) atoms. The van der Waals surface area contributed by atoms with Crippen LogP contribution >= 0.6 is 0 Å². The summed E-state index contributed by atoms with van der Waals surface area (Å²) < 4.78 is 5.28. The van der Waals surface area contributed by atoms with Gasteiger partial charge in [0.05, 0.1) is 11.1 Å².